The first-order chi connectivity index (χ1) is 9.50. The third-order valence-electron chi connectivity index (χ3n) is 3.16. The maximum absolute atomic E-state index is 13.9. The Hall–Kier alpha value is -1.87. The minimum atomic E-state index is -0.489. The lowest BCUT2D eigenvalue weighted by molar-refractivity contribution is 0.0935. The molecule has 0 aliphatic carbocycles. The molecule has 0 aromatic heterocycles. The molecule has 1 amide bonds. The molecule has 0 saturated carbocycles. The van der Waals surface area contributed by atoms with Crippen LogP contribution >= 0.6 is 11.6 Å². The fourth-order valence-electron chi connectivity index (χ4n) is 2.00. The highest BCUT2D eigenvalue weighted by molar-refractivity contribution is 6.31. The molecule has 0 heterocycles. The van der Waals surface area contributed by atoms with Gasteiger partial charge in [0.15, 0.2) is 0 Å². The monoisotopic (exact) mass is 291 g/mol. The van der Waals surface area contributed by atoms with Gasteiger partial charge in [-0.05, 0) is 37.1 Å². The van der Waals surface area contributed by atoms with Crippen LogP contribution in [0.25, 0.3) is 0 Å². The van der Waals surface area contributed by atoms with Gasteiger partial charge in [0, 0.05) is 5.02 Å². The summed E-state index contributed by atoms with van der Waals surface area (Å²) in [4.78, 5) is 12.1. The molecule has 1 unspecified atom stereocenters. The Morgan fingerprint density at radius 3 is 2.60 bits per heavy atom. The molecule has 4 heteroatoms. The zero-order valence-electron chi connectivity index (χ0n) is 11.3. The van der Waals surface area contributed by atoms with Crippen molar-refractivity contribution in [3.8, 4) is 0 Å². The highest BCUT2D eigenvalue weighted by Gasteiger charge is 2.17. The molecular weight excluding hydrogens is 277 g/mol. The number of hydrogen-bond acceptors (Lipinski definition) is 1. The van der Waals surface area contributed by atoms with Crippen LogP contribution in [0.4, 0.5) is 4.39 Å². The van der Waals surface area contributed by atoms with Gasteiger partial charge in [0.05, 0.1) is 11.6 Å². The Kier molecular flexibility index (Phi) is 4.40. The third kappa shape index (κ3) is 2.99. The van der Waals surface area contributed by atoms with Gasteiger partial charge in [-0.25, -0.2) is 4.39 Å². The molecule has 1 N–H and O–H groups in total. The zero-order valence-corrected chi connectivity index (χ0v) is 12.0. The highest BCUT2D eigenvalue weighted by atomic mass is 35.5. The van der Waals surface area contributed by atoms with Crippen molar-refractivity contribution in [2.24, 2.45) is 0 Å². The number of amides is 1. The summed E-state index contributed by atoms with van der Waals surface area (Å²) in [5, 5.41) is 3.33. The molecule has 0 aliphatic heterocycles. The molecule has 2 rings (SSSR count). The molecular formula is C16H15ClFNO. The second-order valence-electron chi connectivity index (χ2n) is 4.65. The number of benzene rings is 2. The minimum Gasteiger partial charge on any atom is -0.345 e. The zero-order chi connectivity index (χ0) is 14.7. The molecule has 2 nitrogen and oxygen atoms in total. The number of carbonyl (C=O) groups excluding carboxylic acids is 1. The summed E-state index contributed by atoms with van der Waals surface area (Å²) in [5.74, 6) is -0.935. The average molecular weight is 292 g/mol. The average Bonchev–Trinajstić information content (AvgIpc) is 2.42. The van der Waals surface area contributed by atoms with Crippen LogP contribution in [0.2, 0.25) is 5.02 Å². The molecule has 2 aromatic carbocycles. The smallest absolute Gasteiger partial charge is 0.254 e. The Morgan fingerprint density at radius 1 is 1.20 bits per heavy atom. The Morgan fingerprint density at radius 2 is 1.90 bits per heavy atom. The van der Waals surface area contributed by atoms with Gasteiger partial charge in [-0.2, -0.15) is 0 Å². The first kappa shape index (κ1) is 14.5. The minimum absolute atomic E-state index is 0.0453. The lowest BCUT2D eigenvalue weighted by atomic mass is 10.1. The molecule has 20 heavy (non-hydrogen) atoms. The van der Waals surface area contributed by atoms with Crippen molar-refractivity contribution < 1.29 is 9.18 Å². The van der Waals surface area contributed by atoms with Crippen molar-refractivity contribution >= 4 is 17.5 Å². The summed E-state index contributed by atoms with van der Waals surface area (Å²) in [5.41, 5.74) is 1.29. The van der Waals surface area contributed by atoms with Crippen LogP contribution in [0.5, 0.6) is 0 Å². The largest absolute Gasteiger partial charge is 0.345 e. The van der Waals surface area contributed by atoms with Crippen LogP contribution < -0.4 is 5.32 Å². The summed E-state index contributed by atoms with van der Waals surface area (Å²) in [6, 6.07) is 11.7. The quantitative estimate of drug-likeness (QED) is 0.898. The van der Waals surface area contributed by atoms with Gasteiger partial charge in [0.2, 0.25) is 0 Å². The number of halogens is 2. The fraction of sp³-hybridized carbons (Fsp3) is 0.188. The standard InChI is InChI=1S/C16H15ClFNO/c1-10-6-5-8-13(15(10)18)16(20)19-11(2)12-7-3-4-9-14(12)17/h3-9,11H,1-2H3,(H,19,20). The van der Waals surface area contributed by atoms with E-state index in [1.54, 1.807) is 25.1 Å². The van der Waals surface area contributed by atoms with Crippen molar-refractivity contribution in [2.75, 3.05) is 0 Å². The maximum atomic E-state index is 13.9. The summed E-state index contributed by atoms with van der Waals surface area (Å²) < 4.78 is 13.9. The summed E-state index contributed by atoms with van der Waals surface area (Å²) in [6.45, 7) is 3.44. The molecule has 0 aliphatic rings. The Balaban J connectivity index is 2.20. The van der Waals surface area contributed by atoms with Gasteiger partial charge in [-0.1, -0.05) is 41.9 Å². The van der Waals surface area contributed by atoms with Crippen molar-refractivity contribution in [2.45, 2.75) is 19.9 Å². The molecule has 0 radical (unpaired) electrons. The molecule has 0 spiro atoms. The van der Waals surface area contributed by atoms with Crippen molar-refractivity contribution in [3.63, 3.8) is 0 Å². The molecule has 2 aromatic rings. The van der Waals surface area contributed by atoms with E-state index in [9.17, 15) is 9.18 Å². The Labute approximate surface area is 122 Å². The van der Waals surface area contributed by atoms with Crippen LogP contribution in [0.15, 0.2) is 42.5 Å². The highest BCUT2D eigenvalue weighted by Crippen LogP contribution is 2.22. The van der Waals surface area contributed by atoms with Gasteiger partial charge in [-0.15, -0.1) is 0 Å². The number of carbonyl (C=O) groups is 1. The lowest BCUT2D eigenvalue weighted by Crippen LogP contribution is -2.27. The van der Waals surface area contributed by atoms with E-state index in [-0.39, 0.29) is 11.6 Å². The lowest BCUT2D eigenvalue weighted by Gasteiger charge is -2.16. The third-order valence-corrected chi connectivity index (χ3v) is 3.50. The molecule has 104 valence electrons. The Bertz CT molecular complexity index is 642. The van der Waals surface area contributed by atoms with Gasteiger partial charge < -0.3 is 5.32 Å². The van der Waals surface area contributed by atoms with Crippen LogP contribution in [0.1, 0.15) is 34.5 Å². The van der Waals surface area contributed by atoms with Crippen LogP contribution in [0, 0.1) is 12.7 Å². The number of hydrogen-bond donors (Lipinski definition) is 1. The molecule has 0 bridgehead atoms. The van der Waals surface area contributed by atoms with E-state index in [0.29, 0.717) is 10.6 Å². The summed E-state index contributed by atoms with van der Waals surface area (Å²) >= 11 is 6.08. The van der Waals surface area contributed by atoms with Gasteiger partial charge in [0.25, 0.3) is 5.91 Å². The van der Waals surface area contributed by atoms with Crippen molar-refractivity contribution in [1.82, 2.24) is 5.32 Å². The molecule has 0 saturated heterocycles. The topological polar surface area (TPSA) is 29.1 Å². The first-order valence-electron chi connectivity index (χ1n) is 6.31. The maximum Gasteiger partial charge on any atom is 0.254 e. The van der Waals surface area contributed by atoms with Crippen LogP contribution in [-0.2, 0) is 0 Å². The van der Waals surface area contributed by atoms with E-state index in [0.717, 1.165) is 5.56 Å². The van der Waals surface area contributed by atoms with E-state index in [1.807, 2.05) is 25.1 Å². The predicted octanol–water partition coefficient (Wildman–Crippen LogP) is 4.28. The number of nitrogens with one attached hydrogen (secondary N) is 1. The predicted molar refractivity (Wildman–Crippen MR) is 78.5 cm³/mol. The molecule has 1 atom stereocenters. The normalized spacial score (nSPS) is 12.0. The SMILES string of the molecule is Cc1cccc(C(=O)NC(C)c2ccccc2Cl)c1F. The van der Waals surface area contributed by atoms with Gasteiger partial charge >= 0.3 is 0 Å². The van der Waals surface area contributed by atoms with Crippen molar-refractivity contribution in [3.05, 3.63) is 70.0 Å². The van der Waals surface area contributed by atoms with Crippen molar-refractivity contribution in [1.29, 1.82) is 0 Å². The second-order valence-corrected chi connectivity index (χ2v) is 5.06. The molecule has 0 fully saturated rings. The summed E-state index contributed by atoms with van der Waals surface area (Å²) in [6.07, 6.45) is 0. The number of rotatable bonds is 3. The van der Waals surface area contributed by atoms with Crippen LogP contribution in [-0.4, -0.2) is 5.91 Å². The number of aryl methyl sites for hydroxylation is 1. The van der Waals surface area contributed by atoms with E-state index in [1.165, 1.54) is 6.07 Å². The second kappa shape index (κ2) is 6.06. The van der Waals surface area contributed by atoms with E-state index in [2.05, 4.69) is 5.32 Å². The van der Waals surface area contributed by atoms with E-state index >= 15 is 0 Å². The van der Waals surface area contributed by atoms with E-state index < -0.39 is 11.7 Å². The van der Waals surface area contributed by atoms with Gasteiger partial charge in [-0.3, -0.25) is 4.79 Å². The van der Waals surface area contributed by atoms with E-state index in [4.69, 9.17) is 11.6 Å². The first-order valence-corrected chi connectivity index (χ1v) is 6.69. The van der Waals surface area contributed by atoms with Gasteiger partial charge in [0.1, 0.15) is 5.82 Å². The summed E-state index contributed by atoms with van der Waals surface area (Å²) in [7, 11) is 0. The fourth-order valence-corrected chi connectivity index (χ4v) is 2.30. The van der Waals surface area contributed by atoms with Crippen LogP contribution in [0.3, 0.4) is 0 Å².